The van der Waals surface area contributed by atoms with Crippen LogP contribution in [-0.2, 0) is 0 Å². The molecule has 0 atom stereocenters. The van der Waals surface area contributed by atoms with Gasteiger partial charge in [0.2, 0.25) is 0 Å². The Hall–Kier alpha value is -3.68. The zero-order valence-corrected chi connectivity index (χ0v) is 13.2. The molecule has 0 amide bonds. The molecule has 124 valence electrons. The van der Waals surface area contributed by atoms with E-state index in [1.807, 2.05) is 24.3 Å². The topological polar surface area (TPSA) is 106 Å². The van der Waals surface area contributed by atoms with Crippen molar-refractivity contribution >= 4 is 16.9 Å². The van der Waals surface area contributed by atoms with Crippen molar-refractivity contribution in [1.82, 2.24) is 25.2 Å². The number of fused-ring (bicyclic) bond motifs is 1. The average Bonchev–Trinajstić information content (AvgIpc) is 3.27. The van der Waals surface area contributed by atoms with Gasteiger partial charge in [-0.2, -0.15) is 5.10 Å². The normalized spacial score (nSPS) is 10.9. The molecule has 0 radical (unpaired) electrons. The lowest BCUT2D eigenvalue weighted by Crippen LogP contribution is -2.03. The molecule has 0 aliphatic carbocycles. The number of carbonyl (C=O) groups is 1. The molecule has 25 heavy (non-hydrogen) atoms. The van der Waals surface area contributed by atoms with Gasteiger partial charge < -0.3 is 9.84 Å². The number of aromatic carboxylic acids is 1. The standard InChI is InChI=1S/C17H13N5O3/c1-25-15-8-10(6-7-12(15)17(23)24)22-9-14(19-21-22)16-11-4-2-3-5-13(11)18-20-16/h2-9H,1H3,(H,18,20)(H,23,24). The summed E-state index contributed by atoms with van der Waals surface area (Å²) in [5.74, 6) is -0.794. The van der Waals surface area contributed by atoms with Crippen LogP contribution < -0.4 is 4.74 Å². The van der Waals surface area contributed by atoms with E-state index >= 15 is 0 Å². The molecule has 8 heteroatoms. The second-order valence-corrected chi connectivity index (χ2v) is 5.36. The summed E-state index contributed by atoms with van der Waals surface area (Å²) in [5.41, 5.74) is 2.96. The van der Waals surface area contributed by atoms with Crippen molar-refractivity contribution in [3.05, 3.63) is 54.2 Å². The molecule has 0 fully saturated rings. The minimum Gasteiger partial charge on any atom is -0.496 e. The molecule has 2 aromatic carbocycles. The number of rotatable bonds is 4. The van der Waals surface area contributed by atoms with E-state index in [1.165, 1.54) is 13.2 Å². The fraction of sp³-hybridized carbons (Fsp3) is 0.0588. The second-order valence-electron chi connectivity index (χ2n) is 5.36. The number of para-hydroxylation sites is 1. The molecule has 0 saturated carbocycles. The summed E-state index contributed by atoms with van der Waals surface area (Å²) < 4.78 is 6.69. The summed E-state index contributed by atoms with van der Waals surface area (Å²) in [6.45, 7) is 0. The Balaban J connectivity index is 1.76. The maximum absolute atomic E-state index is 11.2. The third-order valence-corrected chi connectivity index (χ3v) is 3.89. The lowest BCUT2D eigenvalue weighted by Gasteiger charge is -2.07. The molecule has 0 unspecified atom stereocenters. The van der Waals surface area contributed by atoms with Gasteiger partial charge in [-0.15, -0.1) is 5.10 Å². The zero-order chi connectivity index (χ0) is 17.4. The van der Waals surface area contributed by atoms with Crippen LogP contribution in [0.15, 0.2) is 48.7 Å². The van der Waals surface area contributed by atoms with Gasteiger partial charge in [-0.25, -0.2) is 9.48 Å². The Morgan fingerprint density at radius 2 is 2.08 bits per heavy atom. The maximum atomic E-state index is 11.2. The number of ether oxygens (including phenoxy) is 1. The summed E-state index contributed by atoms with van der Waals surface area (Å²) in [7, 11) is 1.42. The second kappa shape index (κ2) is 5.75. The van der Waals surface area contributed by atoms with E-state index in [9.17, 15) is 4.79 Å². The van der Waals surface area contributed by atoms with Gasteiger partial charge in [0.05, 0.1) is 24.5 Å². The SMILES string of the molecule is COc1cc(-n2cc(-c3n[nH]c4ccccc34)nn2)ccc1C(=O)O. The third-order valence-electron chi connectivity index (χ3n) is 3.89. The van der Waals surface area contributed by atoms with Crippen molar-refractivity contribution in [1.29, 1.82) is 0 Å². The summed E-state index contributed by atoms with van der Waals surface area (Å²) in [6, 6.07) is 12.5. The molecule has 2 N–H and O–H groups in total. The first-order chi connectivity index (χ1) is 12.2. The van der Waals surface area contributed by atoms with Gasteiger partial charge in [-0.3, -0.25) is 5.10 Å². The van der Waals surface area contributed by atoms with Gasteiger partial charge in [-0.1, -0.05) is 23.4 Å². The van der Waals surface area contributed by atoms with Crippen LogP contribution in [0.5, 0.6) is 5.75 Å². The highest BCUT2D eigenvalue weighted by Gasteiger charge is 2.15. The van der Waals surface area contributed by atoms with E-state index < -0.39 is 5.97 Å². The predicted octanol–water partition coefficient (Wildman–Crippen LogP) is 2.52. The first-order valence-corrected chi connectivity index (χ1v) is 7.45. The fourth-order valence-electron chi connectivity index (χ4n) is 2.66. The molecule has 0 saturated heterocycles. The predicted molar refractivity (Wildman–Crippen MR) is 90.0 cm³/mol. The van der Waals surface area contributed by atoms with Crippen molar-refractivity contribution in [3.8, 4) is 22.8 Å². The number of carboxylic acids is 1. The minimum atomic E-state index is -1.05. The number of methoxy groups -OCH3 is 1. The van der Waals surface area contributed by atoms with Crippen LogP contribution in [-0.4, -0.2) is 43.4 Å². The smallest absolute Gasteiger partial charge is 0.339 e. The average molecular weight is 335 g/mol. The molecule has 2 aromatic heterocycles. The van der Waals surface area contributed by atoms with E-state index in [0.717, 1.165) is 10.9 Å². The number of carboxylic acid groups (broad SMARTS) is 1. The number of benzene rings is 2. The molecular weight excluding hydrogens is 322 g/mol. The quantitative estimate of drug-likeness (QED) is 0.593. The highest BCUT2D eigenvalue weighted by molar-refractivity contribution is 5.92. The Kier molecular flexibility index (Phi) is 3.42. The number of hydrogen-bond donors (Lipinski definition) is 2. The first-order valence-electron chi connectivity index (χ1n) is 7.45. The molecule has 0 spiro atoms. The van der Waals surface area contributed by atoms with E-state index in [0.29, 0.717) is 17.1 Å². The first kappa shape index (κ1) is 14.9. The number of hydrogen-bond acceptors (Lipinski definition) is 5. The molecule has 8 nitrogen and oxygen atoms in total. The highest BCUT2D eigenvalue weighted by atomic mass is 16.5. The molecular formula is C17H13N5O3. The molecule has 0 aliphatic heterocycles. The van der Waals surface area contributed by atoms with Gasteiger partial charge >= 0.3 is 5.97 Å². The molecule has 4 rings (SSSR count). The Morgan fingerprint density at radius 3 is 2.88 bits per heavy atom. The van der Waals surface area contributed by atoms with Crippen LogP contribution in [0.25, 0.3) is 28.0 Å². The molecule has 0 aliphatic rings. The lowest BCUT2D eigenvalue weighted by molar-refractivity contribution is 0.0693. The third kappa shape index (κ3) is 2.49. The summed E-state index contributed by atoms with van der Waals surface area (Å²) in [4.78, 5) is 11.2. The summed E-state index contributed by atoms with van der Waals surface area (Å²) >= 11 is 0. The van der Waals surface area contributed by atoms with Crippen LogP contribution >= 0.6 is 0 Å². The van der Waals surface area contributed by atoms with Gasteiger partial charge in [0, 0.05) is 11.5 Å². The van der Waals surface area contributed by atoms with Crippen LogP contribution in [0.4, 0.5) is 0 Å². The van der Waals surface area contributed by atoms with Crippen LogP contribution in [0, 0.1) is 0 Å². The lowest BCUT2D eigenvalue weighted by atomic mass is 10.1. The van der Waals surface area contributed by atoms with Crippen molar-refractivity contribution in [2.24, 2.45) is 0 Å². The van der Waals surface area contributed by atoms with E-state index in [1.54, 1.807) is 23.0 Å². The Bertz CT molecular complexity index is 1080. The van der Waals surface area contributed by atoms with Crippen molar-refractivity contribution in [2.75, 3.05) is 7.11 Å². The number of H-pyrrole nitrogens is 1. The number of aromatic amines is 1. The number of aromatic nitrogens is 5. The Morgan fingerprint density at radius 1 is 1.24 bits per heavy atom. The van der Waals surface area contributed by atoms with Gasteiger partial charge in [0.1, 0.15) is 22.7 Å². The highest BCUT2D eigenvalue weighted by Crippen LogP contribution is 2.26. The van der Waals surface area contributed by atoms with Gasteiger partial charge in [0.15, 0.2) is 0 Å². The summed E-state index contributed by atoms with van der Waals surface area (Å²) in [5, 5.41) is 25.7. The van der Waals surface area contributed by atoms with Crippen molar-refractivity contribution < 1.29 is 14.6 Å². The zero-order valence-electron chi connectivity index (χ0n) is 13.2. The van der Waals surface area contributed by atoms with Gasteiger partial charge in [0.25, 0.3) is 0 Å². The van der Waals surface area contributed by atoms with Crippen LogP contribution in [0.1, 0.15) is 10.4 Å². The van der Waals surface area contributed by atoms with Crippen LogP contribution in [0.2, 0.25) is 0 Å². The van der Waals surface area contributed by atoms with E-state index in [-0.39, 0.29) is 11.3 Å². The largest absolute Gasteiger partial charge is 0.496 e. The van der Waals surface area contributed by atoms with Crippen LogP contribution in [0.3, 0.4) is 0 Å². The van der Waals surface area contributed by atoms with Crippen molar-refractivity contribution in [2.45, 2.75) is 0 Å². The van der Waals surface area contributed by atoms with Gasteiger partial charge in [-0.05, 0) is 18.2 Å². The summed E-state index contributed by atoms with van der Waals surface area (Å²) in [6.07, 6.45) is 1.73. The maximum Gasteiger partial charge on any atom is 0.339 e. The Labute approximate surface area is 141 Å². The molecule has 4 aromatic rings. The fourth-order valence-corrected chi connectivity index (χ4v) is 2.66. The number of nitrogens with zero attached hydrogens (tertiary/aromatic N) is 4. The van der Waals surface area contributed by atoms with Crippen molar-refractivity contribution in [3.63, 3.8) is 0 Å². The molecule has 0 bridgehead atoms. The van der Waals surface area contributed by atoms with E-state index in [4.69, 9.17) is 9.84 Å². The monoisotopic (exact) mass is 335 g/mol. The number of nitrogens with one attached hydrogen (secondary N) is 1. The minimum absolute atomic E-state index is 0.0879. The van der Waals surface area contributed by atoms with E-state index in [2.05, 4.69) is 20.5 Å². The molecule has 2 heterocycles.